The lowest BCUT2D eigenvalue weighted by Crippen LogP contribution is -2.39. The minimum atomic E-state index is 0.331. The Labute approximate surface area is 156 Å². The average molecular weight is 374 g/mol. The van der Waals surface area contributed by atoms with E-state index < -0.39 is 0 Å². The summed E-state index contributed by atoms with van der Waals surface area (Å²) in [5.74, 6) is 1.24. The van der Waals surface area contributed by atoms with Crippen LogP contribution in [0.25, 0.3) is 0 Å². The molecule has 0 unspecified atom stereocenters. The standard InChI is InChI=1S/C17H20ClN7O/c1-12-21-22-17(26-12)24-7-5-15(6-8-24)20-16-19-11-25(23-16)10-13-3-2-4-14(18)9-13/h2-4,9,11,15H,5-8,10H2,1H3,(H,20,23). The molecule has 3 aromatic rings. The molecule has 8 nitrogen and oxygen atoms in total. The highest BCUT2D eigenvalue weighted by Crippen LogP contribution is 2.20. The highest BCUT2D eigenvalue weighted by molar-refractivity contribution is 6.30. The summed E-state index contributed by atoms with van der Waals surface area (Å²) in [6, 6.07) is 8.69. The summed E-state index contributed by atoms with van der Waals surface area (Å²) in [7, 11) is 0. The first-order chi connectivity index (χ1) is 12.7. The van der Waals surface area contributed by atoms with Gasteiger partial charge < -0.3 is 14.6 Å². The first kappa shape index (κ1) is 16.8. The van der Waals surface area contributed by atoms with Gasteiger partial charge in [-0.25, -0.2) is 9.67 Å². The normalized spacial score (nSPS) is 15.4. The van der Waals surface area contributed by atoms with Crippen molar-refractivity contribution in [3.8, 4) is 0 Å². The Morgan fingerprint density at radius 2 is 2.12 bits per heavy atom. The molecule has 9 heteroatoms. The lowest BCUT2D eigenvalue weighted by molar-refractivity contribution is 0.458. The maximum atomic E-state index is 6.03. The Morgan fingerprint density at radius 1 is 1.27 bits per heavy atom. The van der Waals surface area contributed by atoms with Gasteiger partial charge in [0.2, 0.25) is 11.8 Å². The number of halogens is 1. The minimum Gasteiger partial charge on any atom is -0.408 e. The van der Waals surface area contributed by atoms with Crippen LogP contribution in [0.1, 0.15) is 24.3 Å². The van der Waals surface area contributed by atoms with E-state index in [-0.39, 0.29) is 0 Å². The summed E-state index contributed by atoms with van der Waals surface area (Å²) in [6.07, 6.45) is 3.66. The molecular weight excluding hydrogens is 354 g/mol. The van der Waals surface area contributed by atoms with Crippen LogP contribution in [0.3, 0.4) is 0 Å². The van der Waals surface area contributed by atoms with Crippen molar-refractivity contribution in [2.75, 3.05) is 23.3 Å². The van der Waals surface area contributed by atoms with Gasteiger partial charge in [-0.15, -0.1) is 10.2 Å². The SMILES string of the molecule is Cc1nnc(N2CCC(Nc3ncn(Cc4cccc(Cl)c4)n3)CC2)o1. The van der Waals surface area contributed by atoms with Crippen molar-refractivity contribution >= 4 is 23.6 Å². The lowest BCUT2D eigenvalue weighted by atomic mass is 10.1. The van der Waals surface area contributed by atoms with Crippen LogP contribution < -0.4 is 10.2 Å². The van der Waals surface area contributed by atoms with Gasteiger partial charge >= 0.3 is 6.01 Å². The number of nitrogens with zero attached hydrogens (tertiary/aromatic N) is 6. The number of aromatic nitrogens is 5. The van der Waals surface area contributed by atoms with E-state index in [1.807, 2.05) is 28.9 Å². The summed E-state index contributed by atoms with van der Waals surface area (Å²) in [5, 5.41) is 16.6. The Bertz CT molecular complexity index is 869. The lowest BCUT2D eigenvalue weighted by Gasteiger charge is -2.30. The number of hydrogen-bond acceptors (Lipinski definition) is 7. The largest absolute Gasteiger partial charge is 0.408 e. The number of anilines is 2. The number of rotatable bonds is 5. The van der Waals surface area contributed by atoms with Gasteiger partial charge in [-0.2, -0.15) is 0 Å². The molecule has 4 rings (SSSR count). The third-order valence-electron chi connectivity index (χ3n) is 4.38. The van der Waals surface area contributed by atoms with Gasteiger partial charge in [0.15, 0.2) is 0 Å². The molecule has 0 atom stereocenters. The fourth-order valence-electron chi connectivity index (χ4n) is 3.07. The molecule has 136 valence electrons. The van der Waals surface area contributed by atoms with Crippen LogP contribution in [-0.2, 0) is 6.54 Å². The second kappa shape index (κ2) is 7.33. The topological polar surface area (TPSA) is 84.9 Å². The molecule has 1 aliphatic rings. The first-order valence-corrected chi connectivity index (χ1v) is 8.99. The zero-order chi connectivity index (χ0) is 17.9. The van der Waals surface area contributed by atoms with E-state index in [4.69, 9.17) is 16.0 Å². The molecule has 1 aliphatic heterocycles. The van der Waals surface area contributed by atoms with E-state index in [0.29, 0.717) is 30.4 Å². The Balaban J connectivity index is 1.31. The Kier molecular flexibility index (Phi) is 4.75. The molecule has 0 amide bonds. The zero-order valence-corrected chi connectivity index (χ0v) is 15.2. The first-order valence-electron chi connectivity index (χ1n) is 8.61. The molecule has 3 heterocycles. The number of nitrogens with one attached hydrogen (secondary N) is 1. The van der Waals surface area contributed by atoms with Crippen molar-refractivity contribution < 1.29 is 4.42 Å². The van der Waals surface area contributed by atoms with Crippen LogP contribution >= 0.6 is 11.6 Å². The number of aryl methyl sites for hydroxylation is 1. The number of hydrogen-bond donors (Lipinski definition) is 1. The molecule has 1 N–H and O–H groups in total. The summed E-state index contributed by atoms with van der Waals surface area (Å²) < 4.78 is 7.30. The van der Waals surface area contributed by atoms with Gasteiger partial charge in [-0.3, -0.25) is 0 Å². The van der Waals surface area contributed by atoms with Crippen molar-refractivity contribution in [2.45, 2.75) is 32.4 Å². The minimum absolute atomic E-state index is 0.331. The van der Waals surface area contributed by atoms with Gasteiger partial charge in [-0.05, 0) is 30.5 Å². The van der Waals surface area contributed by atoms with Gasteiger partial charge in [0, 0.05) is 31.1 Å². The smallest absolute Gasteiger partial charge is 0.318 e. The van der Waals surface area contributed by atoms with Crippen molar-refractivity contribution in [3.05, 3.63) is 47.1 Å². The molecule has 2 aromatic heterocycles. The van der Waals surface area contributed by atoms with Crippen molar-refractivity contribution in [2.24, 2.45) is 0 Å². The number of benzene rings is 1. The molecule has 0 saturated carbocycles. The highest BCUT2D eigenvalue weighted by Gasteiger charge is 2.23. The summed E-state index contributed by atoms with van der Waals surface area (Å²) >= 11 is 6.03. The van der Waals surface area contributed by atoms with Crippen molar-refractivity contribution in [1.82, 2.24) is 25.0 Å². The predicted molar refractivity (Wildman–Crippen MR) is 98.5 cm³/mol. The van der Waals surface area contributed by atoms with Crippen LogP contribution in [0, 0.1) is 6.92 Å². The third kappa shape index (κ3) is 3.96. The molecule has 0 spiro atoms. The summed E-state index contributed by atoms with van der Waals surface area (Å²) in [6.45, 7) is 4.17. The fourth-order valence-corrected chi connectivity index (χ4v) is 3.28. The summed E-state index contributed by atoms with van der Waals surface area (Å²) in [5.41, 5.74) is 1.09. The molecule has 26 heavy (non-hydrogen) atoms. The van der Waals surface area contributed by atoms with E-state index in [0.717, 1.165) is 36.5 Å². The molecule has 1 fully saturated rings. The zero-order valence-electron chi connectivity index (χ0n) is 14.5. The van der Waals surface area contributed by atoms with E-state index in [2.05, 4.69) is 30.5 Å². The molecule has 0 bridgehead atoms. The van der Waals surface area contributed by atoms with Gasteiger partial charge in [-0.1, -0.05) is 28.8 Å². The van der Waals surface area contributed by atoms with Crippen LogP contribution in [0.15, 0.2) is 35.0 Å². The van der Waals surface area contributed by atoms with E-state index in [1.165, 1.54) is 0 Å². The molecular formula is C17H20ClN7O. The maximum Gasteiger partial charge on any atom is 0.318 e. The second-order valence-electron chi connectivity index (χ2n) is 6.40. The Hall–Kier alpha value is -2.61. The van der Waals surface area contributed by atoms with Gasteiger partial charge in [0.1, 0.15) is 6.33 Å². The monoisotopic (exact) mass is 373 g/mol. The number of piperidine rings is 1. The molecule has 0 radical (unpaired) electrons. The van der Waals surface area contributed by atoms with E-state index >= 15 is 0 Å². The second-order valence-corrected chi connectivity index (χ2v) is 6.84. The van der Waals surface area contributed by atoms with Crippen molar-refractivity contribution in [3.63, 3.8) is 0 Å². The summed E-state index contributed by atoms with van der Waals surface area (Å²) in [4.78, 5) is 6.48. The van der Waals surface area contributed by atoms with Crippen molar-refractivity contribution in [1.29, 1.82) is 0 Å². The molecule has 1 saturated heterocycles. The highest BCUT2D eigenvalue weighted by atomic mass is 35.5. The molecule has 0 aliphatic carbocycles. The van der Waals surface area contributed by atoms with Crippen LogP contribution in [0.5, 0.6) is 0 Å². The van der Waals surface area contributed by atoms with E-state index in [1.54, 1.807) is 13.3 Å². The van der Waals surface area contributed by atoms with Crippen LogP contribution in [-0.4, -0.2) is 44.1 Å². The predicted octanol–water partition coefficient (Wildman–Crippen LogP) is 2.75. The fraction of sp³-hybridized carbons (Fsp3) is 0.412. The third-order valence-corrected chi connectivity index (χ3v) is 4.62. The van der Waals surface area contributed by atoms with Crippen LogP contribution in [0.4, 0.5) is 12.0 Å². The van der Waals surface area contributed by atoms with Gasteiger partial charge in [0.25, 0.3) is 0 Å². The van der Waals surface area contributed by atoms with Gasteiger partial charge in [0.05, 0.1) is 6.54 Å². The Morgan fingerprint density at radius 3 is 2.85 bits per heavy atom. The quantitative estimate of drug-likeness (QED) is 0.735. The maximum absolute atomic E-state index is 6.03. The van der Waals surface area contributed by atoms with E-state index in [9.17, 15) is 0 Å². The average Bonchev–Trinajstić information content (AvgIpc) is 3.25. The molecule has 1 aromatic carbocycles. The van der Waals surface area contributed by atoms with Crippen LogP contribution in [0.2, 0.25) is 5.02 Å².